The van der Waals surface area contributed by atoms with Crippen molar-refractivity contribution in [3.63, 3.8) is 0 Å². The average Bonchev–Trinajstić information content (AvgIpc) is 2.52. The van der Waals surface area contributed by atoms with Crippen LogP contribution in [0.5, 0.6) is 0 Å². The highest BCUT2D eigenvalue weighted by molar-refractivity contribution is 6.55. The molecule has 0 aliphatic heterocycles. The maximum Gasteiger partial charge on any atom is 0.413 e. The first-order valence-electron chi connectivity index (χ1n) is 5.94. The highest BCUT2D eigenvalue weighted by atomic mass is 16.6. The van der Waals surface area contributed by atoms with Gasteiger partial charge in [-0.15, -0.1) is 0 Å². The zero-order valence-corrected chi connectivity index (χ0v) is 10.6. The van der Waals surface area contributed by atoms with Crippen molar-refractivity contribution in [2.45, 2.75) is 0 Å². The second kappa shape index (κ2) is 7.19. The summed E-state index contributed by atoms with van der Waals surface area (Å²) in [6.45, 7) is 0. The van der Waals surface area contributed by atoms with Gasteiger partial charge in [-0.25, -0.2) is 9.59 Å². The summed E-state index contributed by atoms with van der Waals surface area (Å²) < 4.78 is 9.44. The lowest BCUT2D eigenvalue weighted by Crippen LogP contribution is -2.30. The maximum atomic E-state index is 11.4. The van der Waals surface area contributed by atoms with E-state index in [1.54, 1.807) is 48.5 Å². The van der Waals surface area contributed by atoms with Gasteiger partial charge in [-0.3, -0.25) is 0 Å². The number of benzene rings is 2. The summed E-state index contributed by atoms with van der Waals surface area (Å²) >= 11 is 0. The lowest BCUT2D eigenvalue weighted by atomic mass is 9.88. The van der Waals surface area contributed by atoms with E-state index in [1.807, 2.05) is 12.1 Å². The molecule has 20 heavy (non-hydrogen) atoms. The SMILES string of the molecule is O=C(O[B]c1ccccc1)C(=O)O[B]c1ccccc1. The van der Waals surface area contributed by atoms with Crippen LogP contribution in [0.3, 0.4) is 0 Å². The molecule has 4 nitrogen and oxygen atoms in total. The topological polar surface area (TPSA) is 52.6 Å². The molecule has 2 aromatic rings. The van der Waals surface area contributed by atoms with Crippen LogP contribution in [0.25, 0.3) is 0 Å². The summed E-state index contributed by atoms with van der Waals surface area (Å²) in [5.41, 5.74) is 1.36. The second-order valence-electron chi connectivity index (χ2n) is 3.87. The van der Waals surface area contributed by atoms with Gasteiger partial charge in [0.25, 0.3) is 0 Å². The Morgan fingerprint density at radius 3 is 1.35 bits per heavy atom. The first-order chi connectivity index (χ1) is 9.75. The lowest BCUT2D eigenvalue weighted by molar-refractivity contribution is -0.156. The van der Waals surface area contributed by atoms with Gasteiger partial charge in [0.15, 0.2) is 0 Å². The molecule has 2 aromatic carbocycles. The third-order valence-electron chi connectivity index (χ3n) is 2.37. The molecule has 0 aliphatic carbocycles. The van der Waals surface area contributed by atoms with Crippen molar-refractivity contribution >= 4 is 37.8 Å². The van der Waals surface area contributed by atoms with Crippen molar-refractivity contribution in [2.75, 3.05) is 0 Å². The molecule has 0 spiro atoms. The minimum absolute atomic E-state index is 0.681. The smallest absolute Gasteiger partial charge is 0.413 e. The third kappa shape index (κ3) is 4.31. The van der Waals surface area contributed by atoms with Gasteiger partial charge in [-0.05, 0) is 10.9 Å². The summed E-state index contributed by atoms with van der Waals surface area (Å²) in [6.07, 6.45) is 0. The Hall–Kier alpha value is -2.49. The molecule has 0 N–H and O–H groups in total. The van der Waals surface area contributed by atoms with E-state index in [9.17, 15) is 9.59 Å². The molecule has 0 bridgehead atoms. The number of hydrogen-bond donors (Lipinski definition) is 0. The molecule has 2 radical (unpaired) electrons. The standard InChI is InChI=1S/C14H10B2O4/c17-13(19-15-11-7-3-1-4-8-11)14(18)20-16-12-9-5-2-6-10-12/h1-10H. The molecule has 0 aliphatic rings. The molecule has 0 atom stereocenters. The van der Waals surface area contributed by atoms with Crippen LogP contribution in [0.15, 0.2) is 60.7 Å². The second-order valence-corrected chi connectivity index (χ2v) is 3.87. The van der Waals surface area contributed by atoms with Gasteiger partial charge in [-0.2, -0.15) is 0 Å². The van der Waals surface area contributed by atoms with Crippen molar-refractivity contribution < 1.29 is 18.9 Å². The fraction of sp³-hybridized carbons (Fsp3) is 0. The molecule has 96 valence electrons. The first kappa shape index (κ1) is 13.9. The quantitative estimate of drug-likeness (QED) is 0.574. The van der Waals surface area contributed by atoms with Crippen molar-refractivity contribution in [3.05, 3.63) is 60.7 Å². The van der Waals surface area contributed by atoms with E-state index in [1.165, 1.54) is 15.0 Å². The Bertz CT molecular complexity index is 519. The summed E-state index contributed by atoms with van der Waals surface area (Å²) in [4.78, 5) is 22.8. The Morgan fingerprint density at radius 1 is 0.650 bits per heavy atom. The Morgan fingerprint density at radius 2 is 1.00 bits per heavy atom. The van der Waals surface area contributed by atoms with Crippen molar-refractivity contribution in [1.29, 1.82) is 0 Å². The summed E-state index contributed by atoms with van der Waals surface area (Å²) in [5.74, 6) is -2.14. The van der Waals surface area contributed by atoms with Gasteiger partial charge < -0.3 is 9.31 Å². The molecule has 0 unspecified atom stereocenters. The minimum atomic E-state index is -1.07. The largest absolute Gasteiger partial charge is 0.525 e. The van der Waals surface area contributed by atoms with E-state index in [2.05, 4.69) is 0 Å². The van der Waals surface area contributed by atoms with Gasteiger partial charge in [-0.1, -0.05) is 60.7 Å². The molecule has 0 amide bonds. The van der Waals surface area contributed by atoms with E-state index >= 15 is 0 Å². The fourth-order valence-corrected chi connectivity index (χ4v) is 1.40. The van der Waals surface area contributed by atoms with Crippen LogP contribution in [0.4, 0.5) is 0 Å². The van der Waals surface area contributed by atoms with Gasteiger partial charge >= 0.3 is 26.9 Å². The maximum absolute atomic E-state index is 11.4. The molecule has 6 heteroatoms. The van der Waals surface area contributed by atoms with Crippen LogP contribution in [0, 0.1) is 0 Å². The van der Waals surface area contributed by atoms with E-state index in [0.29, 0.717) is 10.9 Å². The van der Waals surface area contributed by atoms with Crippen molar-refractivity contribution in [1.82, 2.24) is 0 Å². The van der Waals surface area contributed by atoms with E-state index in [4.69, 9.17) is 9.31 Å². The van der Waals surface area contributed by atoms with Crippen LogP contribution in [-0.4, -0.2) is 26.9 Å². The molecule has 0 saturated heterocycles. The van der Waals surface area contributed by atoms with Gasteiger partial charge in [0.1, 0.15) is 0 Å². The molecular formula is C14H10B2O4. The number of hydrogen-bond acceptors (Lipinski definition) is 4. The molecule has 2 rings (SSSR count). The van der Waals surface area contributed by atoms with Crippen LogP contribution < -0.4 is 10.9 Å². The highest BCUT2D eigenvalue weighted by Gasteiger charge is 2.18. The molecule has 0 fully saturated rings. The number of carbonyl (C=O) groups is 2. The van der Waals surface area contributed by atoms with Gasteiger partial charge in [0.2, 0.25) is 0 Å². The zero-order chi connectivity index (χ0) is 14.2. The minimum Gasteiger partial charge on any atom is -0.525 e. The summed E-state index contributed by atoms with van der Waals surface area (Å²) in [5, 5.41) is 0. The van der Waals surface area contributed by atoms with Crippen LogP contribution in [-0.2, 0) is 18.9 Å². The zero-order valence-electron chi connectivity index (χ0n) is 10.6. The molecule has 0 saturated carbocycles. The predicted molar refractivity (Wildman–Crippen MR) is 75.8 cm³/mol. The number of rotatable bonds is 4. The van der Waals surface area contributed by atoms with Crippen LogP contribution in [0.2, 0.25) is 0 Å². The predicted octanol–water partition coefficient (Wildman–Crippen LogP) is -0.0378. The molecule has 0 aromatic heterocycles. The number of carbonyl (C=O) groups excluding carboxylic acids is 2. The van der Waals surface area contributed by atoms with Gasteiger partial charge in [0.05, 0.1) is 0 Å². The molecular weight excluding hydrogens is 254 g/mol. The van der Waals surface area contributed by atoms with Crippen LogP contribution in [0.1, 0.15) is 0 Å². The van der Waals surface area contributed by atoms with E-state index in [-0.39, 0.29) is 0 Å². The van der Waals surface area contributed by atoms with Gasteiger partial charge in [0, 0.05) is 0 Å². The van der Waals surface area contributed by atoms with Crippen LogP contribution >= 0.6 is 0 Å². The average molecular weight is 264 g/mol. The van der Waals surface area contributed by atoms with Crippen molar-refractivity contribution in [2.24, 2.45) is 0 Å². The van der Waals surface area contributed by atoms with E-state index < -0.39 is 11.9 Å². The molecule has 0 heterocycles. The Balaban J connectivity index is 1.76. The monoisotopic (exact) mass is 264 g/mol. The van der Waals surface area contributed by atoms with E-state index in [0.717, 1.165) is 0 Å². The highest BCUT2D eigenvalue weighted by Crippen LogP contribution is 1.87. The first-order valence-corrected chi connectivity index (χ1v) is 5.94. The Labute approximate surface area is 118 Å². The third-order valence-corrected chi connectivity index (χ3v) is 2.37. The normalized spacial score (nSPS) is 9.40. The lowest BCUT2D eigenvalue weighted by Gasteiger charge is -2.04. The summed E-state index contributed by atoms with van der Waals surface area (Å²) in [6, 6.07) is 17.8. The van der Waals surface area contributed by atoms with Crippen molar-refractivity contribution in [3.8, 4) is 0 Å². The Kier molecular flexibility index (Phi) is 5.00. The summed E-state index contributed by atoms with van der Waals surface area (Å²) in [7, 11) is 2.40. The fourth-order valence-electron chi connectivity index (χ4n) is 1.40.